The molecule has 0 fully saturated rings. The number of methoxy groups -OCH3 is 1. The number of para-hydroxylation sites is 1. The maximum atomic E-state index is 12.3. The lowest BCUT2D eigenvalue weighted by Crippen LogP contribution is -2.05. The van der Waals surface area contributed by atoms with Crippen molar-refractivity contribution in [3.05, 3.63) is 59.7 Å². The molecule has 22 heavy (non-hydrogen) atoms. The third-order valence-corrected chi connectivity index (χ3v) is 4.31. The number of rotatable bonds is 1. The van der Waals surface area contributed by atoms with Crippen LogP contribution in [0, 0.1) is 6.92 Å². The van der Waals surface area contributed by atoms with Crippen LogP contribution in [0.25, 0.3) is 32.6 Å². The number of hydrogen-bond acceptors (Lipinski definition) is 2. The Morgan fingerprint density at radius 1 is 0.955 bits per heavy atom. The second-order valence-corrected chi connectivity index (χ2v) is 5.46. The first-order valence-corrected chi connectivity index (χ1v) is 7.22. The number of hydrogen-bond donors (Lipinski definition) is 1. The minimum atomic E-state index is -0.291. The number of nitrogens with one attached hydrogen (secondary N) is 1. The topological polar surface area (TPSA) is 42.1 Å². The third kappa shape index (κ3) is 1.59. The summed E-state index contributed by atoms with van der Waals surface area (Å²) in [5, 5.41) is 4.19. The number of aromatic amines is 1. The van der Waals surface area contributed by atoms with Gasteiger partial charge in [-0.1, -0.05) is 42.5 Å². The zero-order valence-corrected chi connectivity index (χ0v) is 12.4. The van der Waals surface area contributed by atoms with E-state index in [-0.39, 0.29) is 5.97 Å². The molecule has 4 rings (SSSR count). The quantitative estimate of drug-likeness (QED) is 0.521. The van der Waals surface area contributed by atoms with E-state index in [9.17, 15) is 4.79 Å². The lowest BCUT2D eigenvalue weighted by atomic mass is 9.94. The van der Waals surface area contributed by atoms with E-state index in [1.54, 1.807) is 0 Å². The molecule has 0 aliphatic rings. The summed E-state index contributed by atoms with van der Waals surface area (Å²) in [6, 6.07) is 16.1. The van der Waals surface area contributed by atoms with Gasteiger partial charge in [0.1, 0.15) is 0 Å². The van der Waals surface area contributed by atoms with Gasteiger partial charge in [-0.15, -0.1) is 0 Å². The molecule has 0 saturated carbocycles. The van der Waals surface area contributed by atoms with E-state index in [0.29, 0.717) is 5.56 Å². The Morgan fingerprint density at radius 2 is 1.59 bits per heavy atom. The van der Waals surface area contributed by atoms with Gasteiger partial charge in [0.2, 0.25) is 0 Å². The molecule has 0 unspecified atom stereocenters. The third-order valence-electron chi connectivity index (χ3n) is 4.31. The summed E-state index contributed by atoms with van der Waals surface area (Å²) in [6.07, 6.45) is 0. The summed E-state index contributed by atoms with van der Waals surface area (Å²) >= 11 is 0. The number of ether oxygens (including phenoxy) is 1. The van der Waals surface area contributed by atoms with E-state index < -0.39 is 0 Å². The smallest absolute Gasteiger partial charge is 0.338 e. The van der Waals surface area contributed by atoms with Crippen molar-refractivity contribution in [2.45, 2.75) is 6.92 Å². The number of carbonyl (C=O) groups excluding carboxylic acids is 1. The number of esters is 1. The highest BCUT2D eigenvalue weighted by molar-refractivity contribution is 6.23. The highest BCUT2D eigenvalue weighted by atomic mass is 16.5. The summed E-state index contributed by atoms with van der Waals surface area (Å²) in [5.74, 6) is -0.291. The number of H-pyrrole nitrogens is 1. The van der Waals surface area contributed by atoms with Gasteiger partial charge in [-0.25, -0.2) is 4.79 Å². The van der Waals surface area contributed by atoms with Gasteiger partial charge in [0.15, 0.2) is 0 Å². The van der Waals surface area contributed by atoms with Gasteiger partial charge in [0, 0.05) is 21.7 Å². The fourth-order valence-electron chi connectivity index (χ4n) is 3.34. The van der Waals surface area contributed by atoms with E-state index in [1.807, 2.05) is 43.3 Å². The summed E-state index contributed by atoms with van der Waals surface area (Å²) in [4.78, 5) is 15.8. The van der Waals surface area contributed by atoms with Gasteiger partial charge >= 0.3 is 5.97 Å². The maximum Gasteiger partial charge on any atom is 0.338 e. The molecule has 1 heterocycles. The molecular weight excluding hydrogens is 274 g/mol. The van der Waals surface area contributed by atoms with E-state index in [1.165, 1.54) is 7.11 Å². The highest BCUT2D eigenvalue weighted by Crippen LogP contribution is 2.36. The molecule has 108 valence electrons. The summed E-state index contributed by atoms with van der Waals surface area (Å²) in [7, 11) is 1.43. The molecule has 0 aliphatic heterocycles. The Bertz CT molecular complexity index is 1040. The van der Waals surface area contributed by atoms with Crippen LogP contribution in [-0.4, -0.2) is 18.1 Å². The van der Waals surface area contributed by atoms with Crippen molar-refractivity contribution in [2.24, 2.45) is 0 Å². The van der Waals surface area contributed by atoms with Crippen molar-refractivity contribution in [1.29, 1.82) is 0 Å². The van der Waals surface area contributed by atoms with Crippen LogP contribution in [0.5, 0.6) is 0 Å². The van der Waals surface area contributed by atoms with Crippen molar-refractivity contribution < 1.29 is 9.53 Å². The molecule has 3 nitrogen and oxygen atoms in total. The maximum absolute atomic E-state index is 12.3. The van der Waals surface area contributed by atoms with Gasteiger partial charge in [-0.05, 0) is 23.9 Å². The Labute approximate surface area is 127 Å². The molecular formula is C19H15NO2. The van der Waals surface area contributed by atoms with Crippen LogP contribution >= 0.6 is 0 Å². The van der Waals surface area contributed by atoms with E-state index in [2.05, 4.69) is 17.1 Å². The standard InChI is InChI=1S/C19H15NO2/c1-11-16-14-9-5-6-10-15(14)20-18(16)13-8-4-3-7-12(13)17(11)19(21)22-2/h3-10,20H,1-2H3. The first-order chi connectivity index (χ1) is 10.7. The molecule has 4 aromatic rings. The molecule has 3 aromatic carbocycles. The molecule has 3 heteroatoms. The SMILES string of the molecule is COC(=O)c1c(C)c2c3ccccc3[nH]c2c2ccccc12. The largest absolute Gasteiger partial charge is 0.465 e. The molecule has 0 saturated heterocycles. The van der Waals surface area contributed by atoms with Gasteiger partial charge in [-0.3, -0.25) is 0 Å². The van der Waals surface area contributed by atoms with Crippen molar-refractivity contribution in [1.82, 2.24) is 4.98 Å². The fraction of sp³-hybridized carbons (Fsp3) is 0.105. The molecule has 0 spiro atoms. The molecule has 0 atom stereocenters. The van der Waals surface area contributed by atoms with Crippen molar-refractivity contribution in [2.75, 3.05) is 7.11 Å². The molecule has 1 N–H and O–H groups in total. The zero-order chi connectivity index (χ0) is 15.3. The van der Waals surface area contributed by atoms with Crippen molar-refractivity contribution in [3.63, 3.8) is 0 Å². The average Bonchev–Trinajstić information content (AvgIpc) is 2.95. The summed E-state index contributed by atoms with van der Waals surface area (Å²) < 4.78 is 5.01. The lowest BCUT2D eigenvalue weighted by Gasteiger charge is -2.11. The van der Waals surface area contributed by atoms with Crippen molar-refractivity contribution >= 4 is 38.5 Å². The summed E-state index contributed by atoms with van der Waals surface area (Å²) in [5.41, 5.74) is 3.75. The van der Waals surface area contributed by atoms with Gasteiger partial charge in [0.25, 0.3) is 0 Å². The number of benzene rings is 3. The van der Waals surface area contributed by atoms with E-state index >= 15 is 0 Å². The predicted molar refractivity (Wildman–Crippen MR) is 89.4 cm³/mol. The fourth-order valence-corrected chi connectivity index (χ4v) is 3.34. The number of carbonyl (C=O) groups is 1. The zero-order valence-electron chi connectivity index (χ0n) is 12.4. The van der Waals surface area contributed by atoms with Crippen molar-refractivity contribution in [3.8, 4) is 0 Å². The molecule has 0 bridgehead atoms. The van der Waals surface area contributed by atoms with Gasteiger partial charge in [0.05, 0.1) is 18.2 Å². The van der Waals surface area contributed by atoms with Crippen LogP contribution in [0.3, 0.4) is 0 Å². The van der Waals surface area contributed by atoms with Gasteiger partial charge < -0.3 is 9.72 Å². The minimum absolute atomic E-state index is 0.291. The second-order valence-electron chi connectivity index (χ2n) is 5.46. The van der Waals surface area contributed by atoms with Crippen LogP contribution in [-0.2, 0) is 4.74 Å². The van der Waals surface area contributed by atoms with E-state index in [0.717, 1.165) is 38.1 Å². The average molecular weight is 289 g/mol. The normalized spacial score (nSPS) is 11.4. The minimum Gasteiger partial charge on any atom is -0.465 e. The number of aryl methyl sites for hydroxylation is 1. The van der Waals surface area contributed by atoms with Crippen LogP contribution in [0.1, 0.15) is 15.9 Å². The molecule has 0 aliphatic carbocycles. The number of fused-ring (bicyclic) bond motifs is 5. The predicted octanol–water partition coefficient (Wildman–Crippen LogP) is 4.57. The van der Waals surface area contributed by atoms with Crippen LogP contribution in [0.2, 0.25) is 0 Å². The second kappa shape index (κ2) is 4.60. The lowest BCUT2D eigenvalue weighted by molar-refractivity contribution is 0.0602. The molecule has 0 radical (unpaired) electrons. The monoisotopic (exact) mass is 289 g/mol. The van der Waals surface area contributed by atoms with E-state index in [4.69, 9.17) is 4.74 Å². The first kappa shape index (κ1) is 12.9. The molecule has 0 amide bonds. The summed E-state index contributed by atoms with van der Waals surface area (Å²) in [6.45, 7) is 1.99. The number of aromatic nitrogens is 1. The van der Waals surface area contributed by atoms with Crippen LogP contribution in [0.15, 0.2) is 48.5 Å². The van der Waals surface area contributed by atoms with Crippen LogP contribution < -0.4 is 0 Å². The Morgan fingerprint density at radius 3 is 2.32 bits per heavy atom. The molecule has 1 aromatic heterocycles. The van der Waals surface area contributed by atoms with Gasteiger partial charge in [-0.2, -0.15) is 0 Å². The highest BCUT2D eigenvalue weighted by Gasteiger charge is 2.20. The van der Waals surface area contributed by atoms with Crippen LogP contribution in [0.4, 0.5) is 0 Å². The Balaban J connectivity index is 2.33. The Kier molecular flexibility index (Phi) is 2.70. The first-order valence-electron chi connectivity index (χ1n) is 7.22. The Hall–Kier alpha value is -2.81.